The molecule has 0 bridgehead atoms. The van der Waals surface area contributed by atoms with Gasteiger partial charge < -0.3 is 14.3 Å². The molecule has 2 N–H and O–H groups in total. The molecular weight excluding hydrogens is 358 g/mol. The van der Waals surface area contributed by atoms with Crippen LogP contribution in [0.5, 0.6) is 0 Å². The highest BCUT2D eigenvalue weighted by molar-refractivity contribution is 6.74. The Kier molecular flexibility index (Phi) is 5.78. The fourth-order valence-electron chi connectivity index (χ4n) is 2.42. The van der Waals surface area contributed by atoms with Crippen LogP contribution in [-0.4, -0.2) is 47.8 Å². The zero-order valence-electron chi connectivity index (χ0n) is 15.5. The van der Waals surface area contributed by atoms with E-state index in [2.05, 4.69) is 48.9 Å². The molecule has 10 nitrogen and oxygen atoms in total. The lowest BCUT2D eigenvalue weighted by Gasteiger charge is -2.37. The molecule has 26 heavy (non-hydrogen) atoms. The fraction of sp³-hybridized carbons (Fsp3) is 0.733. The molecule has 1 aromatic heterocycles. The third-order valence-electron chi connectivity index (χ3n) is 5.06. The number of H-pyrrole nitrogens is 1. The third kappa shape index (κ3) is 4.08. The van der Waals surface area contributed by atoms with E-state index in [-0.39, 0.29) is 11.6 Å². The van der Waals surface area contributed by atoms with E-state index in [0.717, 1.165) is 10.6 Å². The Hall–Kier alpha value is -1.91. The van der Waals surface area contributed by atoms with Gasteiger partial charge in [-0.1, -0.05) is 25.9 Å². The molecule has 2 rings (SSSR count). The van der Waals surface area contributed by atoms with E-state index in [9.17, 15) is 14.7 Å². The molecule has 0 unspecified atom stereocenters. The fourth-order valence-corrected chi connectivity index (χ4v) is 3.43. The van der Waals surface area contributed by atoms with Crippen molar-refractivity contribution in [1.29, 1.82) is 0 Å². The topological polar surface area (TPSA) is 142 Å². The minimum absolute atomic E-state index is 0.0178. The molecule has 4 atom stereocenters. The zero-order valence-corrected chi connectivity index (χ0v) is 16.5. The van der Waals surface area contributed by atoms with Crippen LogP contribution in [0.15, 0.2) is 27.0 Å². The predicted octanol–water partition coefficient (Wildman–Crippen LogP) is 1.50. The normalized spacial score (nSPS) is 26.5. The summed E-state index contributed by atoms with van der Waals surface area (Å²) in [7, 11) is -2.07. The van der Waals surface area contributed by atoms with Gasteiger partial charge in [0.1, 0.15) is 18.4 Å². The molecule has 0 amide bonds. The van der Waals surface area contributed by atoms with E-state index in [1.807, 2.05) is 0 Å². The average molecular weight is 383 g/mol. The van der Waals surface area contributed by atoms with Gasteiger partial charge in [-0.05, 0) is 23.7 Å². The molecule has 2 heterocycles. The summed E-state index contributed by atoms with van der Waals surface area (Å²) < 4.78 is 13.0. The first-order valence-electron chi connectivity index (χ1n) is 8.31. The van der Waals surface area contributed by atoms with Crippen LogP contribution in [0.2, 0.25) is 18.1 Å². The Labute approximate surface area is 151 Å². The van der Waals surface area contributed by atoms with E-state index in [1.54, 1.807) is 0 Å². The van der Waals surface area contributed by atoms with Crippen molar-refractivity contribution in [3.8, 4) is 0 Å². The Morgan fingerprint density at radius 1 is 1.46 bits per heavy atom. The molecule has 0 aromatic carbocycles. The Morgan fingerprint density at radius 2 is 2.12 bits per heavy atom. The molecule has 1 aliphatic heterocycles. The van der Waals surface area contributed by atoms with Crippen molar-refractivity contribution in [2.24, 2.45) is 5.11 Å². The van der Waals surface area contributed by atoms with Crippen LogP contribution >= 0.6 is 0 Å². The van der Waals surface area contributed by atoms with E-state index in [1.165, 1.54) is 6.20 Å². The van der Waals surface area contributed by atoms with Crippen molar-refractivity contribution in [3.05, 3.63) is 43.5 Å². The highest BCUT2D eigenvalue weighted by Crippen LogP contribution is 2.38. The number of nitrogens with one attached hydrogen (secondary N) is 1. The predicted molar refractivity (Wildman–Crippen MR) is 97.3 cm³/mol. The molecule has 144 valence electrons. The maximum Gasteiger partial charge on any atom is 0.330 e. The first kappa shape index (κ1) is 20.4. The lowest BCUT2D eigenvalue weighted by Crippen LogP contribution is -2.44. The highest BCUT2D eigenvalue weighted by atomic mass is 28.4. The molecule has 0 spiro atoms. The molecule has 1 saturated heterocycles. The van der Waals surface area contributed by atoms with Crippen molar-refractivity contribution >= 4 is 8.32 Å². The summed E-state index contributed by atoms with van der Waals surface area (Å²) in [5.41, 5.74) is 7.53. The monoisotopic (exact) mass is 383 g/mol. The number of hydrogen-bond donors (Lipinski definition) is 2. The summed E-state index contributed by atoms with van der Waals surface area (Å²) >= 11 is 0. The minimum Gasteiger partial charge on any atom is -0.414 e. The standard InChI is InChI=1S/C15H25N5O5Si/c1-15(2,3)26(4,5)24-8-9-12(22)11(18-19-16)13(25-9)20-7-6-10(21)17-14(20)23/h6-7,9,11-13,22H,8H2,1-5H3,(H,17,21,23)/t9-,11-,12-,13-/m1/s1. The lowest BCUT2D eigenvalue weighted by molar-refractivity contribution is -0.0438. The van der Waals surface area contributed by atoms with Crippen LogP contribution in [0.1, 0.15) is 27.0 Å². The van der Waals surface area contributed by atoms with Gasteiger partial charge in [-0.2, -0.15) is 0 Å². The van der Waals surface area contributed by atoms with Gasteiger partial charge >= 0.3 is 5.69 Å². The lowest BCUT2D eigenvalue weighted by atomic mass is 10.1. The molecular formula is C15H25N5O5Si. The summed E-state index contributed by atoms with van der Waals surface area (Å²) in [5, 5.41) is 14.1. The minimum atomic E-state index is -2.07. The van der Waals surface area contributed by atoms with Crippen LogP contribution in [-0.2, 0) is 9.16 Å². The van der Waals surface area contributed by atoms with Crippen molar-refractivity contribution in [3.63, 3.8) is 0 Å². The number of aliphatic hydroxyl groups excluding tert-OH is 1. The molecule has 0 radical (unpaired) electrons. The van der Waals surface area contributed by atoms with Gasteiger partial charge in [0.05, 0.1) is 12.7 Å². The number of aromatic nitrogens is 2. The Balaban J connectivity index is 2.25. The van der Waals surface area contributed by atoms with Gasteiger partial charge in [-0.25, -0.2) is 4.79 Å². The number of azide groups is 1. The van der Waals surface area contributed by atoms with Gasteiger partial charge in [0, 0.05) is 17.2 Å². The number of rotatable bonds is 5. The van der Waals surface area contributed by atoms with Gasteiger partial charge in [0.25, 0.3) is 5.56 Å². The van der Waals surface area contributed by atoms with E-state index >= 15 is 0 Å². The van der Waals surface area contributed by atoms with Crippen LogP contribution in [0.4, 0.5) is 0 Å². The van der Waals surface area contributed by atoms with E-state index < -0.39 is 44.0 Å². The van der Waals surface area contributed by atoms with Crippen molar-refractivity contribution in [2.45, 2.75) is 63.4 Å². The number of aromatic amines is 1. The maximum atomic E-state index is 12.0. The van der Waals surface area contributed by atoms with Crippen molar-refractivity contribution < 1.29 is 14.3 Å². The van der Waals surface area contributed by atoms with Gasteiger partial charge in [0.2, 0.25) is 0 Å². The molecule has 0 saturated carbocycles. The van der Waals surface area contributed by atoms with Crippen LogP contribution < -0.4 is 11.2 Å². The van der Waals surface area contributed by atoms with Gasteiger partial charge in [-0.15, -0.1) is 0 Å². The van der Waals surface area contributed by atoms with E-state index in [4.69, 9.17) is 14.7 Å². The number of aliphatic hydroxyl groups is 1. The van der Waals surface area contributed by atoms with E-state index in [0.29, 0.717) is 0 Å². The number of ether oxygens (including phenoxy) is 1. The highest BCUT2D eigenvalue weighted by Gasteiger charge is 2.46. The number of nitrogens with zero attached hydrogens (tertiary/aromatic N) is 4. The maximum absolute atomic E-state index is 12.0. The second-order valence-corrected chi connectivity index (χ2v) is 12.6. The number of hydrogen-bond acceptors (Lipinski definition) is 6. The zero-order chi connectivity index (χ0) is 19.7. The molecule has 11 heteroatoms. The van der Waals surface area contributed by atoms with Crippen LogP contribution in [0, 0.1) is 0 Å². The summed E-state index contributed by atoms with van der Waals surface area (Å²) in [6.07, 6.45) is -1.68. The summed E-state index contributed by atoms with van der Waals surface area (Å²) in [4.78, 5) is 28.1. The van der Waals surface area contributed by atoms with Crippen molar-refractivity contribution in [1.82, 2.24) is 9.55 Å². The summed E-state index contributed by atoms with van der Waals surface area (Å²) in [5.74, 6) is 0. The second kappa shape index (κ2) is 7.37. The largest absolute Gasteiger partial charge is 0.414 e. The first-order chi connectivity index (χ1) is 12.0. The third-order valence-corrected chi connectivity index (χ3v) is 9.56. The Morgan fingerprint density at radius 3 is 2.65 bits per heavy atom. The molecule has 1 aromatic rings. The smallest absolute Gasteiger partial charge is 0.330 e. The van der Waals surface area contributed by atoms with Gasteiger partial charge in [0.15, 0.2) is 8.32 Å². The molecule has 0 aliphatic carbocycles. The summed E-state index contributed by atoms with van der Waals surface area (Å²) in [6.45, 7) is 10.5. The first-order valence-corrected chi connectivity index (χ1v) is 11.2. The second-order valence-electron chi connectivity index (χ2n) is 7.84. The van der Waals surface area contributed by atoms with Gasteiger partial charge in [-0.3, -0.25) is 14.3 Å². The van der Waals surface area contributed by atoms with Crippen LogP contribution in [0.3, 0.4) is 0 Å². The molecule has 1 aliphatic rings. The van der Waals surface area contributed by atoms with Crippen LogP contribution in [0.25, 0.3) is 10.4 Å². The quantitative estimate of drug-likeness (QED) is 0.343. The SMILES string of the molecule is CC(C)(C)[Si](C)(C)OC[C@H]1O[C@@H](n2ccc(=O)[nH]c2=O)[C@H](N=[N+]=[N-])[C@@H]1O. The van der Waals surface area contributed by atoms with Crippen molar-refractivity contribution in [2.75, 3.05) is 6.61 Å². The average Bonchev–Trinajstić information content (AvgIpc) is 2.81. The summed E-state index contributed by atoms with van der Waals surface area (Å²) in [6, 6.07) is 0.139. The Bertz CT molecular complexity index is 808. The molecule has 1 fully saturated rings.